The average molecular weight is 224 g/mol. The number of ether oxygens (including phenoxy) is 1. The zero-order valence-electron chi connectivity index (χ0n) is 7.51. The van der Waals surface area contributed by atoms with Gasteiger partial charge in [0.1, 0.15) is 11.3 Å². The first kappa shape index (κ1) is 9.48. The first-order chi connectivity index (χ1) is 6.88. The summed E-state index contributed by atoms with van der Waals surface area (Å²) < 4.78 is 6.07. The number of methoxy groups -OCH3 is 1. The molecule has 0 amide bonds. The Bertz CT molecular complexity index is 403. The van der Waals surface area contributed by atoms with Gasteiger partial charge in [-0.25, -0.2) is 0 Å². The van der Waals surface area contributed by atoms with E-state index in [0.717, 1.165) is 15.0 Å². The molecular weight excluding hydrogens is 216 g/mol. The Morgan fingerprint density at radius 3 is 3.07 bits per heavy atom. The zero-order chi connectivity index (χ0) is 9.80. The quantitative estimate of drug-likeness (QED) is 0.803. The summed E-state index contributed by atoms with van der Waals surface area (Å²) in [4.78, 5) is 1.11. The van der Waals surface area contributed by atoms with E-state index in [-0.39, 0.29) is 0 Å². The molecule has 0 spiro atoms. The van der Waals surface area contributed by atoms with Crippen LogP contribution in [0.25, 0.3) is 0 Å². The lowest BCUT2D eigenvalue weighted by atomic mass is 10.3. The van der Waals surface area contributed by atoms with Crippen LogP contribution in [0.1, 0.15) is 0 Å². The maximum absolute atomic E-state index is 5.13. The maximum Gasteiger partial charge on any atom is 0.178 e. The summed E-state index contributed by atoms with van der Waals surface area (Å²) in [5.41, 5.74) is 1.72. The van der Waals surface area contributed by atoms with Crippen LogP contribution < -0.4 is 4.74 Å². The molecule has 14 heavy (non-hydrogen) atoms. The van der Waals surface area contributed by atoms with Crippen molar-refractivity contribution in [3.63, 3.8) is 0 Å². The topological polar surface area (TPSA) is 35.0 Å². The molecule has 0 bridgehead atoms. The Morgan fingerprint density at radius 1 is 1.43 bits per heavy atom. The van der Waals surface area contributed by atoms with Crippen molar-refractivity contribution < 1.29 is 4.74 Å². The molecular formula is C9H8N2OS2. The van der Waals surface area contributed by atoms with Crippen LogP contribution in [-0.4, -0.2) is 17.3 Å². The van der Waals surface area contributed by atoms with Crippen LogP contribution in [0.4, 0.5) is 0 Å². The Labute approximate surface area is 90.1 Å². The molecule has 0 aliphatic heterocycles. The van der Waals surface area contributed by atoms with Gasteiger partial charge in [0.15, 0.2) is 4.34 Å². The highest BCUT2D eigenvalue weighted by Gasteiger charge is 2.01. The third kappa shape index (κ3) is 2.24. The summed E-state index contributed by atoms with van der Waals surface area (Å²) in [7, 11) is 1.66. The van der Waals surface area contributed by atoms with Gasteiger partial charge in [0.2, 0.25) is 0 Å². The van der Waals surface area contributed by atoms with Crippen molar-refractivity contribution in [1.82, 2.24) is 10.2 Å². The number of nitrogens with zero attached hydrogens (tertiary/aromatic N) is 2. The van der Waals surface area contributed by atoms with E-state index in [1.165, 1.54) is 11.3 Å². The van der Waals surface area contributed by atoms with Crippen molar-refractivity contribution in [1.29, 1.82) is 0 Å². The highest BCUT2D eigenvalue weighted by atomic mass is 32.2. The molecule has 0 aliphatic carbocycles. The van der Waals surface area contributed by atoms with E-state index in [0.29, 0.717) is 0 Å². The predicted octanol–water partition coefficient (Wildman–Crippen LogP) is 2.70. The number of benzene rings is 1. The fraction of sp³-hybridized carbons (Fsp3) is 0.111. The van der Waals surface area contributed by atoms with Gasteiger partial charge in [-0.2, -0.15) is 0 Å². The van der Waals surface area contributed by atoms with Crippen LogP contribution in [0.3, 0.4) is 0 Å². The largest absolute Gasteiger partial charge is 0.497 e. The van der Waals surface area contributed by atoms with Crippen molar-refractivity contribution in [2.45, 2.75) is 9.24 Å². The number of aromatic nitrogens is 2. The Balaban J connectivity index is 2.17. The molecule has 0 N–H and O–H groups in total. The van der Waals surface area contributed by atoms with Crippen molar-refractivity contribution in [2.24, 2.45) is 0 Å². The van der Waals surface area contributed by atoms with Crippen LogP contribution >= 0.6 is 23.1 Å². The molecule has 5 heteroatoms. The van der Waals surface area contributed by atoms with Gasteiger partial charge >= 0.3 is 0 Å². The van der Waals surface area contributed by atoms with Crippen LogP contribution in [0, 0.1) is 0 Å². The lowest BCUT2D eigenvalue weighted by molar-refractivity contribution is 0.413. The minimum atomic E-state index is 0.861. The maximum atomic E-state index is 5.13. The Morgan fingerprint density at radius 2 is 2.36 bits per heavy atom. The first-order valence-electron chi connectivity index (χ1n) is 3.96. The van der Waals surface area contributed by atoms with Crippen LogP contribution in [-0.2, 0) is 0 Å². The highest BCUT2D eigenvalue weighted by Crippen LogP contribution is 2.30. The van der Waals surface area contributed by atoms with Crippen LogP contribution in [0.5, 0.6) is 5.75 Å². The predicted molar refractivity (Wildman–Crippen MR) is 57.0 cm³/mol. The van der Waals surface area contributed by atoms with Crippen molar-refractivity contribution in [2.75, 3.05) is 7.11 Å². The molecule has 1 heterocycles. The minimum absolute atomic E-state index is 0.861. The normalized spacial score (nSPS) is 10.1. The SMILES string of the molecule is COc1cccc(Sc2nncs2)c1. The van der Waals surface area contributed by atoms with Gasteiger partial charge in [-0.05, 0) is 18.2 Å². The molecule has 0 saturated carbocycles. The van der Waals surface area contributed by atoms with Gasteiger partial charge in [-0.3, -0.25) is 0 Å². The van der Waals surface area contributed by atoms with Gasteiger partial charge in [-0.15, -0.1) is 10.2 Å². The van der Waals surface area contributed by atoms with E-state index in [4.69, 9.17) is 4.74 Å². The summed E-state index contributed by atoms with van der Waals surface area (Å²) >= 11 is 3.12. The van der Waals surface area contributed by atoms with E-state index < -0.39 is 0 Å². The molecule has 0 radical (unpaired) electrons. The Kier molecular flexibility index (Phi) is 3.00. The van der Waals surface area contributed by atoms with Gasteiger partial charge in [0, 0.05) is 4.90 Å². The van der Waals surface area contributed by atoms with Crippen molar-refractivity contribution in [3.8, 4) is 5.75 Å². The summed E-state index contributed by atoms with van der Waals surface area (Å²) in [5, 5.41) is 7.74. The molecule has 0 fully saturated rings. The summed E-state index contributed by atoms with van der Waals surface area (Å²) in [6.07, 6.45) is 0. The zero-order valence-corrected chi connectivity index (χ0v) is 9.14. The molecule has 3 nitrogen and oxygen atoms in total. The lowest BCUT2D eigenvalue weighted by Crippen LogP contribution is -1.81. The van der Waals surface area contributed by atoms with Gasteiger partial charge in [-0.1, -0.05) is 29.2 Å². The van der Waals surface area contributed by atoms with Crippen LogP contribution in [0.15, 0.2) is 39.0 Å². The average Bonchev–Trinajstić information content (AvgIpc) is 2.71. The van der Waals surface area contributed by atoms with Gasteiger partial charge in [0.25, 0.3) is 0 Å². The lowest BCUT2D eigenvalue weighted by Gasteiger charge is -2.01. The molecule has 1 aromatic heterocycles. The van der Waals surface area contributed by atoms with Crippen LogP contribution in [0.2, 0.25) is 0 Å². The molecule has 0 saturated heterocycles. The standard InChI is InChI=1S/C9H8N2OS2/c1-12-7-3-2-4-8(5-7)14-9-11-10-6-13-9/h2-6H,1H3. The van der Waals surface area contributed by atoms with E-state index in [2.05, 4.69) is 10.2 Å². The third-order valence-electron chi connectivity index (χ3n) is 1.59. The summed E-state index contributed by atoms with van der Waals surface area (Å²) in [6, 6.07) is 7.88. The molecule has 0 aliphatic rings. The third-order valence-corrected chi connectivity index (χ3v) is 3.35. The number of rotatable bonds is 3. The molecule has 0 atom stereocenters. The molecule has 72 valence electrons. The van der Waals surface area contributed by atoms with E-state index >= 15 is 0 Å². The second-order valence-electron chi connectivity index (χ2n) is 2.49. The highest BCUT2D eigenvalue weighted by molar-refractivity contribution is 8.01. The fourth-order valence-electron chi connectivity index (χ4n) is 0.973. The smallest absolute Gasteiger partial charge is 0.178 e. The van der Waals surface area contributed by atoms with E-state index in [1.807, 2.05) is 24.3 Å². The van der Waals surface area contributed by atoms with Gasteiger partial charge in [0.05, 0.1) is 7.11 Å². The molecule has 2 rings (SSSR count). The molecule has 2 aromatic rings. The second kappa shape index (κ2) is 4.43. The van der Waals surface area contributed by atoms with E-state index in [1.54, 1.807) is 24.4 Å². The van der Waals surface area contributed by atoms with Crippen molar-refractivity contribution >= 4 is 23.1 Å². The molecule has 0 unspecified atom stereocenters. The number of hydrogen-bond donors (Lipinski definition) is 0. The second-order valence-corrected chi connectivity index (χ2v) is 4.64. The summed E-state index contributed by atoms with van der Waals surface area (Å²) in [5.74, 6) is 0.861. The monoisotopic (exact) mass is 224 g/mol. The molecule has 1 aromatic carbocycles. The summed E-state index contributed by atoms with van der Waals surface area (Å²) in [6.45, 7) is 0. The fourth-order valence-corrected chi connectivity index (χ4v) is 2.47. The Hall–Kier alpha value is -1.07. The minimum Gasteiger partial charge on any atom is -0.497 e. The van der Waals surface area contributed by atoms with Gasteiger partial charge < -0.3 is 4.74 Å². The van der Waals surface area contributed by atoms with Crippen molar-refractivity contribution in [3.05, 3.63) is 29.8 Å². The first-order valence-corrected chi connectivity index (χ1v) is 5.66. The number of hydrogen-bond acceptors (Lipinski definition) is 5. The van der Waals surface area contributed by atoms with E-state index in [9.17, 15) is 0 Å².